The second kappa shape index (κ2) is 4.09. The van der Waals surface area contributed by atoms with Gasteiger partial charge in [-0.2, -0.15) is 0 Å². The largest absolute Gasteiger partial charge is 0.468 e. The Balaban J connectivity index is 3.09. The van der Waals surface area contributed by atoms with Gasteiger partial charge in [0.25, 0.3) is 0 Å². The van der Waals surface area contributed by atoms with Gasteiger partial charge in [-0.3, -0.25) is 4.79 Å². The number of methoxy groups -OCH3 is 1. The Labute approximate surface area is 90.2 Å². The average molecular weight is 261 g/mol. The summed E-state index contributed by atoms with van der Waals surface area (Å²) in [5.74, 6) is -0.833. The number of halogens is 2. The maximum absolute atomic E-state index is 12.9. The Hall–Kier alpha value is -0.900. The van der Waals surface area contributed by atoms with Crippen molar-refractivity contribution in [3.05, 3.63) is 35.6 Å². The Morgan fingerprint density at radius 1 is 1.57 bits per heavy atom. The number of esters is 1. The van der Waals surface area contributed by atoms with Gasteiger partial charge in [-0.25, -0.2) is 4.39 Å². The molecule has 14 heavy (non-hydrogen) atoms. The van der Waals surface area contributed by atoms with Gasteiger partial charge < -0.3 is 4.74 Å². The molecule has 0 saturated carbocycles. The zero-order valence-corrected chi connectivity index (χ0v) is 9.47. The molecule has 1 atom stereocenters. The number of ether oxygens (including phenoxy) is 1. The van der Waals surface area contributed by atoms with Crippen molar-refractivity contribution in [3.63, 3.8) is 0 Å². The Kier molecular flexibility index (Phi) is 3.26. The molecule has 0 aromatic heterocycles. The summed E-state index contributed by atoms with van der Waals surface area (Å²) >= 11 is 3.21. The van der Waals surface area contributed by atoms with Crippen LogP contribution >= 0.6 is 15.9 Å². The molecule has 0 aliphatic rings. The van der Waals surface area contributed by atoms with E-state index in [1.807, 2.05) is 0 Å². The Morgan fingerprint density at radius 2 is 2.21 bits per heavy atom. The van der Waals surface area contributed by atoms with Gasteiger partial charge >= 0.3 is 5.97 Å². The third kappa shape index (κ3) is 2.12. The summed E-state index contributed by atoms with van der Waals surface area (Å²) in [6.45, 7) is 1.62. The van der Waals surface area contributed by atoms with Crippen LogP contribution in [0.4, 0.5) is 4.39 Å². The van der Waals surface area contributed by atoms with Crippen LogP contribution in [0.2, 0.25) is 0 Å². The van der Waals surface area contributed by atoms with Crippen LogP contribution in [0, 0.1) is 5.82 Å². The second-order valence-corrected chi connectivity index (χ2v) is 4.59. The lowest BCUT2D eigenvalue weighted by molar-refractivity contribution is -0.143. The molecule has 76 valence electrons. The fourth-order valence-corrected chi connectivity index (χ4v) is 1.50. The van der Waals surface area contributed by atoms with Crippen molar-refractivity contribution in [2.24, 2.45) is 0 Å². The zero-order chi connectivity index (χ0) is 10.8. The maximum atomic E-state index is 12.9. The highest BCUT2D eigenvalue weighted by atomic mass is 79.9. The number of rotatable bonds is 2. The van der Waals surface area contributed by atoms with Crippen LogP contribution in [0.15, 0.2) is 24.3 Å². The number of alkyl halides is 1. The van der Waals surface area contributed by atoms with E-state index in [-0.39, 0.29) is 5.82 Å². The van der Waals surface area contributed by atoms with Crippen molar-refractivity contribution >= 4 is 21.9 Å². The molecule has 1 aromatic rings. The van der Waals surface area contributed by atoms with Gasteiger partial charge in [-0.05, 0) is 24.6 Å². The fraction of sp³-hybridized carbons (Fsp3) is 0.300. The highest BCUT2D eigenvalue weighted by Crippen LogP contribution is 2.32. The van der Waals surface area contributed by atoms with Crippen molar-refractivity contribution in [1.29, 1.82) is 0 Å². The summed E-state index contributed by atoms with van der Waals surface area (Å²) in [6.07, 6.45) is 0. The van der Waals surface area contributed by atoms with E-state index >= 15 is 0 Å². The zero-order valence-electron chi connectivity index (χ0n) is 7.88. The summed E-state index contributed by atoms with van der Waals surface area (Å²) in [4.78, 5) is 11.4. The van der Waals surface area contributed by atoms with Crippen molar-refractivity contribution < 1.29 is 13.9 Å². The summed E-state index contributed by atoms with van der Waals surface area (Å²) in [6, 6.07) is 5.83. The lowest BCUT2D eigenvalue weighted by Crippen LogP contribution is -2.26. The molecule has 0 radical (unpaired) electrons. The Morgan fingerprint density at radius 3 is 2.71 bits per heavy atom. The minimum atomic E-state index is -0.996. The van der Waals surface area contributed by atoms with Crippen LogP contribution in [0.3, 0.4) is 0 Å². The van der Waals surface area contributed by atoms with E-state index in [0.717, 1.165) is 0 Å². The predicted octanol–water partition coefficient (Wildman–Crippen LogP) is 2.61. The molecular weight excluding hydrogens is 251 g/mol. The van der Waals surface area contributed by atoms with Crippen LogP contribution in [0.25, 0.3) is 0 Å². The first kappa shape index (κ1) is 11.2. The minimum Gasteiger partial charge on any atom is -0.468 e. The van der Waals surface area contributed by atoms with Gasteiger partial charge in [-0.15, -0.1) is 0 Å². The molecular formula is C10H10BrFO2. The first-order valence-electron chi connectivity index (χ1n) is 4.02. The molecule has 1 aromatic carbocycles. The fourth-order valence-electron chi connectivity index (χ4n) is 1.09. The van der Waals surface area contributed by atoms with Crippen LogP contribution in [-0.4, -0.2) is 13.1 Å². The molecule has 4 heteroatoms. The summed E-state index contributed by atoms with van der Waals surface area (Å²) < 4.78 is 16.5. The molecule has 0 amide bonds. The lowest BCUT2D eigenvalue weighted by atomic mass is 10.0. The van der Waals surface area contributed by atoms with Gasteiger partial charge in [0.15, 0.2) is 0 Å². The summed E-state index contributed by atoms with van der Waals surface area (Å²) in [5, 5.41) is 0. The van der Waals surface area contributed by atoms with Crippen LogP contribution < -0.4 is 0 Å². The predicted molar refractivity (Wildman–Crippen MR) is 54.7 cm³/mol. The van der Waals surface area contributed by atoms with Gasteiger partial charge in [0.2, 0.25) is 0 Å². The molecule has 0 bridgehead atoms. The highest BCUT2D eigenvalue weighted by Gasteiger charge is 2.33. The average Bonchev–Trinajstić information content (AvgIpc) is 2.16. The maximum Gasteiger partial charge on any atom is 0.326 e. The van der Waals surface area contributed by atoms with Crippen molar-refractivity contribution in [2.75, 3.05) is 7.11 Å². The van der Waals surface area contributed by atoms with Crippen LogP contribution in [0.5, 0.6) is 0 Å². The third-order valence-electron chi connectivity index (χ3n) is 1.94. The molecule has 0 spiro atoms. The molecule has 0 saturated heterocycles. The molecule has 1 rings (SSSR count). The second-order valence-electron chi connectivity index (χ2n) is 3.00. The van der Waals surface area contributed by atoms with E-state index in [9.17, 15) is 9.18 Å². The smallest absolute Gasteiger partial charge is 0.326 e. The SMILES string of the molecule is COC(=O)C(C)(Br)c1cccc(F)c1. The van der Waals surface area contributed by atoms with Gasteiger partial charge in [-0.1, -0.05) is 28.1 Å². The van der Waals surface area contributed by atoms with E-state index in [1.54, 1.807) is 19.1 Å². The molecule has 1 unspecified atom stereocenters. The number of carbonyl (C=O) groups excluding carboxylic acids is 1. The van der Waals surface area contributed by atoms with E-state index in [4.69, 9.17) is 0 Å². The molecule has 2 nitrogen and oxygen atoms in total. The molecule has 0 aliphatic carbocycles. The number of carbonyl (C=O) groups is 1. The number of hydrogen-bond donors (Lipinski definition) is 0. The Bertz CT molecular complexity index is 350. The third-order valence-corrected chi connectivity index (χ3v) is 2.72. The summed E-state index contributed by atoms with van der Waals surface area (Å²) in [5.41, 5.74) is 0.532. The van der Waals surface area contributed by atoms with Gasteiger partial charge in [0.05, 0.1) is 7.11 Å². The number of benzene rings is 1. The minimum absolute atomic E-state index is 0.378. The van der Waals surface area contributed by atoms with Crippen LogP contribution in [-0.2, 0) is 13.9 Å². The van der Waals surface area contributed by atoms with E-state index in [2.05, 4.69) is 20.7 Å². The van der Waals surface area contributed by atoms with E-state index in [1.165, 1.54) is 19.2 Å². The van der Waals surface area contributed by atoms with Crippen molar-refractivity contribution in [1.82, 2.24) is 0 Å². The van der Waals surface area contributed by atoms with Crippen molar-refractivity contribution in [3.8, 4) is 0 Å². The molecule has 0 N–H and O–H groups in total. The van der Waals surface area contributed by atoms with Crippen molar-refractivity contribution in [2.45, 2.75) is 11.2 Å². The van der Waals surface area contributed by atoms with Gasteiger partial charge in [0, 0.05) is 0 Å². The summed E-state index contributed by atoms with van der Waals surface area (Å²) in [7, 11) is 1.29. The first-order valence-corrected chi connectivity index (χ1v) is 4.81. The molecule has 0 heterocycles. The van der Waals surface area contributed by atoms with Crippen LogP contribution in [0.1, 0.15) is 12.5 Å². The topological polar surface area (TPSA) is 26.3 Å². The standard InChI is InChI=1S/C10H10BrFO2/c1-10(11,9(13)14-2)7-4-3-5-8(12)6-7/h3-6H,1-2H3. The van der Waals surface area contributed by atoms with Gasteiger partial charge in [0.1, 0.15) is 10.1 Å². The monoisotopic (exact) mass is 260 g/mol. The van der Waals surface area contributed by atoms with E-state index < -0.39 is 10.3 Å². The molecule has 0 aliphatic heterocycles. The number of hydrogen-bond acceptors (Lipinski definition) is 2. The quantitative estimate of drug-likeness (QED) is 0.604. The normalized spacial score (nSPS) is 14.6. The van der Waals surface area contributed by atoms with E-state index in [0.29, 0.717) is 5.56 Å². The first-order chi connectivity index (χ1) is 6.48. The molecule has 0 fully saturated rings. The lowest BCUT2D eigenvalue weighted by Gasteiger charge is -2.19. The highest BCUT2D eigenvalue weighted by molar-refractivity contribution is 9.10.